The summed E-state index contributed by atoms with van der Waals surface area (Å²) >= 11 is 3.38. The molecule has 1 unspecified atom stereocenters. The Morgan fingerprint density at radius 3 is 2.68 bits per heavy atom. The monoisotopic (exact) mass is 324 g/mol. The van der Waals surface area contributed by atoms with E-state index in [1.54, 1.807) is 4.90 Å². The fraction of sp³-hybridized carbons (Fsp3) is 0.429. The zero-order valence-corrected chi connectivity index (χ0v) is 12.4. The van der Waals surface area contributed by atoms with Crippen LogP contribution < -0.4 is 5.32 Å². The number of nitrogens with one attached hydrogen (secondary N) is 1. The minimum Gasteiger partial charge on any atom is -0.348 e. The molecule has 2 rings (SSSR count). The highest BCUT2D eigenvalue weighted by atomic mass is 79.9. The Hall–Kier alpha value is -1.36. The zero-order valence-electron chi connectivity index (χ0n) is 10.9. The number of carbonyl (C=O) groups excluding carboxylic acids is 2. The lowest BCUT2D eigenvalue weighted by molar-refractivity contribution is -0.133. The van der Waals surface area contributed by atoms with Crippen LogP contribution in [-0.2, 0) is 9.59 Å². The van der Waals surface area contributed by atoms with Crippen LogP contribution in [0.15, 0.2) is 28.7 Å². The molecule has 0 spiro atoms. The standard InChI is InChI=1S/C14H17BrN2O2/c1-10(11-4-6-12(15)7-5-11)16-13(18)9-17-8-2-3-14(17)19/h4-7,10H,2-3,8-9H2,1H3,(H,16,18). The Morgan fingerprint density at radius 1 is 1.42 bits per heavy atom. The van der Waals surface area contributed by atoms with Crippen molar-refractivity contribution in [3.8, 4) is 0 Å². The van der Waals surface area contributed by atoms with Crippen molar-refractivity contribution >= 4 is 27.7 Å². The third-order valence-corrected chi connectivity index (χ3v) is 3.78. The Balaban J connectivity index is 1.87. The molecule has 1 aromatic rings. The van der Waals surface area contributed by atoms with Gasteiger partial charge in [0.05, 0.1) is 12.6 Å². The van der Waals surface area contributed by atoms with E-state index in [0.717, 1.165) is 16.5 Å². The van der Waals surface area contributed by atoms with Crippen molar-refractivity contribution in [2.75, 3.05) is 13.1 Å². The molecule has 1 N–H and O–H groups in total. The van der Waals surface area contributed by atoms with E-state index in [4.69, 9.17) is 0 Å². The summed E-state index contributed by atoms with van der Waals surface area (Å²) in [5.41, 5.74) is 1.05. The second-order valence-electron chi connectivity index (χ2n) is 4.76. The van der Waals surface area contributed by atoms with Crippen LogP contribution in [0.3, 0.4) is 0 Å². The van der Waals surface area contributed by atoms with Crippen LogP contribution in [0.2, 0.25) is 0 Å². The molecular formula is C14H17BrN2O2. The summed E-state index contributed by atoms with van der Waals surface area (Å²) in [6.45, 7) is 2.80. The van der Waals surface area contributed by atoms with E-state index in [2.05, 4.69) is 21.2 Å². The van der Waals surface area contributed by atoms with Crippen molar-refractivity contribution in [3.63, 3.8) is 0 Å². The van der Waals surface area contributed by atoms with Crippen molar-refractivity contribution in [2.24, 2.45) is 0 Å². The van der Waals surface area contributed by atoms with E-state index in [1.165, 1.54) is 0 Å². The Bertz CT molecular complexity index is 473. The number of carbonyl (C=O) groups is 2. The average molecular weight is 325 g/mol. The molecule has 2 amide bonds. The van der Waals surface area contributed by atoms with E-state index >= 15 is 0 Å². The molecule has 1 aliphatic rings. The molecule has 1 atom stereocenters. The average Bonchev–Trinajstić information content (AvgIpc) is 2.75. The third kappa shape index (κ3) is 3.80. The van der Waals surface area contributed by atoms with Crippen molar-refractivity contribution in [1.29, 1.82) is 0 Å². The summed E-state index contributed by atoms with van der Waals surface area (Å²) in [5, 5.41) is 2.91. The fourth-order valence-corrected chi connectivity index (χ4v) is 2.43. The van der Waals surface area contributed by atoms with Crippen molar-refractivity contribution < 1.29 is 9.59 Å². The summed E-state index contributed by atoms with van der Waals surface area (Å²) in [7, 11) is 0. The lowest BCUT2D eigenvalue weighted by Crippen LogP contribution is -2.38. The number of amides is 2. The van der Waals surface area contributed by atoms with Gasteiger partial charge in [0.25, 0.3) is 0 Å². The first kappa shape index (κ1) is 14.1. The highest BCUT2D eigenvalue weighted by molar-refractivity contribution is 9.10. The molecule has 0 saturated carbocycles. The number of benzene rings is 1. The zero-order chi connectivity index (χ0) is 13.8. The molecule has 0 aliphatic carbocycles. The largest absolute Gasteiger partial charge is 0.348 e. The van der Waals surface area contributed by atoms with Crippen molar-refractivity contribution in [3.05, 3.63) is 34.3 Å². The van der Waals surface area contributed by atoms with E-state index in [9.17, 15) is 9.59 Å². The number of likely N-dealkylation sites (tertiary alicyclic amines) is 1. The highest BCUT2D eigenvalue weighted by Gasteiger charge is 2.22. The SMILES string of the molecule is CC(NC(=O)CN1CCCC1=O)c1ccc(Br)cc1. The smallest absolute Gasteiger partial charge is 0.240 e. The van der Waals surface area contributed by atoms with Crippen LogP contribution in [0.4, 0.5) is 0 Å². The second kappa shape index (κ2) is 6.19. The van der Waals surface area contributed by atoms with Gasteiger partial charge >= 0.3 is 0 Å². The minimum atomic E-state index is -0.106. The van der Waals surface area contributed by atoms with Crippen LogP contribution in [0.5, 0.6) is 0 Å². The summed E-state index contributed by atoms with van der Waals surface area (Å²) in [5.74, 6) is -0.0305. The quantitative estimate of drug-likeness (QED) is 0.923. The first-order valence-electron chi connectivity index (χ1n) is 6.39. The fourth-order valence-electron chi connectivity index (χ4n) is 2.17. The van der Waals surface area contributed by atoms with Gasteiger partial charge in [-0.1, -0.05) is 28.1 Å². The summed E-state index contributed by atoms with van der Waals surface area (Å²) < 4.78 is 1.01. The number of hydrogen-bond acceptors (Lipinski definition) is 2. The lowest BCUT2D eigenvalue weighted by atomic mass is 10.1. The van der Waals surface area contributed by atoms with Crippen LogP contribution in [0.1, 0.15) is 31.4 Å². The maximum Gasteiger partial charge on any atom is 0.240 e. The second-order valence-corrected chi connectivity index (χ2v) is 5.68. The molecular weight excluding hydrogens is 308 g/mol. The molecule has 1 heterocycles. The number of nitrogens with zero attached hydrogens (tertiary/aromatic N) is 1. The maximum atomic E-state index is 11.9. The number of rotatable bonds is 4. The molecule has 0 aromatic heterocycles. The summed E-state index contributed by atoms with van der Waals surface area (Å²) in [6, 6.07) is 7.77. The number of halogens is 1. The predicted molar refractivity (Wildman–Crippen MR) is 76.5 cm³/mol. The molecule has 19 heavy (non-hydrogen) atoms. The van der Waals surface area contributed by atoms with Gasteiger partial charge in [0.2, 0.25) is 11.8 Å². The molecule has 1 aliphatic heterocycles. The normalized spacial score (nSPS) is 16.5. The van der Waals surface area contributed by atoms with Gasteiger partial charge in [0, 0.05) is 17.4 Å². The molecule has 102 valence electrons. The summed E-state index contributed by atoms with van der Waals surface area (Å²) in [4.78, 5) is 24.9. The van der Waals surface area contributed by atoms with Crippen LogP contribution in [-0.4, -0.2) is 29.8 Å². The van der Waals surface area contributed by atoms with Crippen LogP contribution in [0, 0.1) is 0 Å². The van der Waals surface area contributed by atoms with E-state index in [1.807, 2.05) is 31.2 Å². The first-order chi connectivity index (χ1) is 9.06. The van der Waals surface area contributed by atoms with E-state index < -0.39 is 0 Å². The third-order valence-electron chi connectivity index (χ3n) is 3.25. The van der Waals surface area contributed by atoms with Gasteiger partial charge in [-0.05, 0) is 31.0 Å². The van der Waals surface area contributed by atoms with E-state index in [0.29, 0.717) is 13.0 Å². The van der Waals surface area contributed by atoms with Gasteiger partial charge < -0.3 is 10.2 Å². The van der Waals surface area contributed by atoms with E-state index in [-0.39, 0.29) is 24.4 Å². The molecule has 5 heteroatoms. The van der Waals surface area contributed by atoms with Gasteiger partial charge in [-0.15, -0.1) is 0 Å². The van der Waals surface area contributed by atoms with Crippen LogP contribution >= 0.6 is 15.9 Å². The molecule has 1 saturated heterocycles. The maximum absolute atomic E-state index is 11.9. The van der Waals surface area contributed by atoms with Gasteiger partial charge in [-0.2, -0.15) is 0 Å². The Kier molecular flexibility index (Phi) is 4.58. The van der Waals surface area contributed by atoms with Gasteiger partial charge in [0.1, 0.15) is 0 Å². The van der Waals surface area contributed by atoms with Gasteiger partial charge in [0.15, 0.2) is 0 Å². The Labute approximate surface area is 121 Å². The van der Waals surface area contributed by atoms with Gasteiger partial charge in [-0.3, -0.25) is 9.59 Å². The van der Waals surface area contributed by atoms with Crippen molar-refractivity contribution in [1.82, 2.24) is 10.2 Å². The first-order valence-corrected chi connectivity index (χ1v) is 7.18. The molecule has 0 bridgehead atoms. The highest BCUT2D eigenvalue weighted by Crippen LogP contribution is 2.16. The van der Waals surface area contributed by atoms with Crippen LogP contribution in [0.25, 0.3) is 0 Å². The molecule has 4 nitrogen and oxygen atoms in total. The Morgan fingerprint density at radius 2 is 2.11 bits per heavy atom. The predicted octanol–water partition coefficient (Wildman–Crippen LogP) is 2.25. The number of hydrogen-bond donors (Lipinski definition) is 1. The molecule has 0 radical (unpaired) electrons. The minimum absolute atomic E-state index is 0.0571. The molecule has 1 fully saturated rings. The lowest BCUT2D eigenvalue weighted by Gasteiger charge is -2.18. The molecule has 1 aromatic carbocycles. The van der Waals surface area contributed by atoms with Gasteiger partial charge in [-0.25, -0.2) is 0 Å². The topological polar surface area (TPSA) is 49.4 Å². The summed E-state index contributed by atoms with van der Waals surface area (Å²) in [6.07, 6.45) is 1.42. The van der Waals surface area contributed by atoms with Crippen molar-refractivity contribution in [2.45, 2.75) is 25.8 Å².